The van der Waals surface area contributed by atoms with E-state index in [1.165, 1.54) is 0 Å². The van der Waals surface area contributed by atoms with Gasteiger partial charge in [-0.1, -0.05) is 0 Å². The minimum atomic E-state index is 0.00392. The molecular formula is C18H20N6O. The van der Waals surface area contributed by atoms with Gasteiger partial charge >= 0.3 is 0 Å². The summed E-state index contributed by atoms with van der Waals surface area (Å²) in [5, 5.41) is 8.85. The Balaban J connectivity index is 1.68. The maximum absolute atomic E-state index is 12.8. The van der Waals surface area contributed by atoms with Crippen molar-refractivity contribution in [3.8, 4) is 6.07 Å². The number of aromatic nitrogens is 2. The highest BCUT2D eigenvalue weighted by Crippen LogP contribution is 2.20. The molecule has 0 spiro atoms. The number of piperazine rings is 1. The first-order chi connectivity index (χ1) is 12.1. The van der Waals surface area contributed by atoms with E-state index in [9.17, 15) is 4.79 Å². The molecule has 3 heterocycles. The van der Waals surface area contributed by atoms with E-state index in [0.717, 1.165) is 11.5 Å². The lowest BCUT2D eigenvalue weighted by Crippen LogP contribution is -2.49. The van der Waals surface area contributed by atoms with Gasteiger partial charge in [0.25, 0.3) is 5.91 Å². The predicted octanol–water partition coefficient (Wildman–Crippen LogP) is 1.38. The van der Waals surface area contributed by atoms with Crippen molar-refractivity contribution in [2.24, 2.45) is 0 Å². The topological polar surface area (TPSA) is 76.4 Å². The Morgan fingerprint density at radius 3 is 2.52 bits per heavy atom. The summed E-state index contributed by atoms with van der Waals surface area (Å²) in [7, 11) is 3.83. The van der Waals surface area contributed by atoms with E-state index >= 15 is 0 Å². The minimum Gasteiger partial charge on any atom is -0.377 e. The van der Waals surface area contributed by atoms with Crippen LogP contribution in [0.2, 0.25) is 0 Å². The number of carbonyl (C=O) groups excluding carboxylic acids is 1. The molecule has 0 unspecified atom stereocenters. The number of hydrogen-bond donors (Lipinski definition) is 0. The minimum absolute atomic E-state index is 0.00392. The monoisotopic (exact) mass is 336 g/mol. The summed E-state index contributed by atoms with van der Waals surface area (Å²) in [6.07, 6.45) is 4.90. The zero-order valence-corrected chi connectivity index (χ0v) is 14.4. The van der Waals surface area contributed by atoms with Crippen LogP contribution >= 0.6 is 0 Å². The average Bonchev–Trinajstić information content (AvgIpc) is 2.67. The number of nitriles is 1. The molecule has 1 amide bonds. The second-order valence-electron chi connectivity index (χ2n) is 6.08. The Kier molecular flexibility index (Phi) is 4.80. The molecule has 3 rings (SSSR count). The lowest BCUT2D eigenvalue weighted by atomic mass is 10.1. The fraction of sp³-hybridized carbons (Fsp3) is 0.333. The highest BCUT2D eigenvalue weighted by atomic mass is 16.2. The van der Waals surface area contributed by atoms with Crippen molar-refractivity contribution in [1.82, 2.24) is 14.9 Å². The smallest absolute Gasteiger partial charge is 0.257 e. The third-order valence-electron chi connectivity index (χ3n) is 4.28. The van der Waals surface area contributed by atoms with Gasteiger partial charge in [0.15, 0.2) is 0 Å². The number of nitrogens with zero attached hydrogens (tertiary/aromatic N) is 6. The van der Waals surface area contributed by atoms with Gasteiger partial charge in [0.05, 0.1) is 16.8 Å². The van der Waals surface area contributed by atoms with E-state index in [4.69, 9.17) is 5.26 Å². The largest absolute Gasteiger partial charge is 0.377 e. The summed E-state index contributed by atoms with van der Waals surface area (Å²) in [5.74, 6) is 0.839. The molecule has 1 aliphatic heterocycles. The Morgan fingerprint density at radius 2 is 1.92 bits per heavy atom. The first-order valence-corrected chi connectivity index (χ1v) is 8.12. The van der Waals surface area contributed by atoms with Gasteiger partial charge in [-0.2, -0.15) is 5.26 Å². The second kappa shape index (κ2) is 7.18. The highest BCUT2D eigenvalue weighted by molar-refractivity contribution is 5.99. The molecule has 2 aromatic rings. The maximum atomic E-state index is 12.8. The van der Waals surface area contributed by atoms with Crippen LogP contribution in [0.3, 0.4) is 0 Å². The van der Waals surface area contributed by atoms with Gasteiger partial charge in [-0.15, -0.1) is 0 Å². The van der Waals surface area contributed by atoms with Gasteiger partial charge in [-0.3, -0.25) is 9.78 Å². The van der Waals surface area contributed by atoms with Crippen molar-refractivity contribution in [1.29, 1.82) is 5.26 Å². The molecule has 0 N–H and O–H groups in total. The Morgan fingerprint density at radius 1 is 1.16 bits per heavy atom. The van der Waals surface area contributed by atoms with Gasteiger partial charge in [-0.05, 0) is 18.2 Å². The fourth-order valence-electron chi connectivity index (χ4n) is 2.89. The Labute approximate surface area is 147 Å². The van der Waals surface area contributed by atoms with Crippen molar-refractivity contribution in [3.63, 3.8) is 0 Å². The van der Waals surface area contributed by atoms with E-state index in [0.29, 0.717) is 37.3 Å². The molecule has 1 aliphatic rings. The van der Waals surface area contributed by atoms with Crippen molar-refractivity contribution in [2.75, 3.05) is 50.1 Å². The van der Waals surface area contributed by atoms with Gasteiger partial charge in [0.1, 0.15) is 11.9 Å². The predicted molar refractivity (Wildman–Crippen MR) is 95.6 cm³/mol. The van der Waals surface area contributed by atoms with E-state index in [2.05, 4.69) is 20.9 Å². The summed E-state index contributed by atoms with van der Waals surface area (Å²) in [5.41, 5.74) is 2.04. The van der Waals surface area contributed by atoms with Crippen LogP contribution < -0.4 is 9.80 Å². The van der Waals surface area contributed by atoms with Gasteiger partial charge in [0.2, 0.25) is 0 Å². The number of hydrogen-bond acceptors (Lipinski definition) is 6. The molecule has 0 aliphatic carbocycles. The van der Waals surface area contributed by atoms with Crippen LogP contribution in [-0.2, 0) is 0 Å². The zero-order valence-electron chi connectivity index (χ0n) is 14.4. The normalized spacial score (nSPS) is 14.1. The highest BCUT2D eigenvalue weighted by Gasteiger charge is 2.25. The second-order valence-corrected chi connectivity index (χ2v) is 6.08. The van der Waals surface area contributed by atoms with Crippen LogP contribution in [0.4, 0.5) is 11.5 Å². The molecular weight excluding hydrogens is 316 g/mol. The molecule has 1 fully saturated rings. The fourth-order valence-corrected chi connectivity index (χ4v) is 2.89. The van der Waals surface area contributed by atoms with Crippen molar-refractivity contribution < 1.29 is 4.79 Å². The molecule has 7 nitrogen and oxygen atoms in total. The Bertz CT molecular complexity index is 788. The van der Waals surface area contributed by atoms with Gasteiger partial charge < -0.3 is 14.7 Å². The molecule has 0 aromatic carbocycles. The first-order valence-electron chi connectivity index (χ1n) is 8.12. The summed E-state index contributed by atoms with van der Waals surface area (Å²) in [6.45, 7) is 2.68. The third kappa shape index (κ3) is 3.53. The van der Waals surface area contributed by atoms with Gasteiger partial charge in [-0.25, -0.2) is 4.98 Å². The molecule has 0 bridgehead atoms. The number of carbonyl (C=O) groups is 1. The van der Waals surface area contributed by atoms with Gasteiger partial charge in [0, 0.05) is 58.9 Å². The molecule has 25 heavy (non-hydrogen) atoms. The number of pyridine rings is 2. The molecule has 2 aromatic heterocycles. The maximum Gasteiger partial charge on any atom is 0.257 e. The summed E-state index contributed by atoms with van der Waals surface area (Å²) < 4.78 is 0. The van der Waals surface area contributed by atoms with Crippen LogP contribution in [-0.4, -0.2) is 61.0 Å². The van der Waals surface area contributed by atoms with Crippen molar-refractivity contribution in [2.45, 2.75) is 0 Å². The number of rotatable bonds is 3. The zero-order chi connectivity index (χ0) is 17.8. The summed E-state index contributed by atoms with van der Waals surface area (Å²) in [6, 6.07) is 7.53. The van der Waals surface area contributed by atoms with Crippen LogP contribution in [0.1, 0.15) is 15.9 Å². The van der Waals surface area contributed by atoms with Crippen LogP contribution in [0, 0.1) is 11.3 Å². The number of amides is 1. The Hall–Kier alpha value is -3.14. The molecule has 1 saturated heterocycles. The molecule has 0 saturated carbocycles. The SMILES string of the molecule is CN(C)c1ccncc1C(=O)N1CCN(c2ccc(C#N)cn2)CC1. The first kappa shape index (κ1) is 16.7. The summed E-state index contributed by atoms with van der Waals surface area (Å²) in [4.78, 5) is 27.2. The molecule has 0 atom stereocenters. The third-order valence-corrected chi connectivity index (χ3v) is 4.28. The summed E-state index contributed by atoms with van der Waals surface area (Å²) >= 11 is 0. The lowest BCUT2D eigenvalue weighted by Gasteiger charge is -2.35. The van der Waals surface area contributed by atoms with E-state index in [1.807, 2.05) is 36.0 Å². The van der Waals surface area contributed by atoms with Crippen molar-refractivity contribution in [3.05, 3.63) is 47.9 Å². The molecule has 7 heteroatoms. The standard InChI is InChI=1S/C18H20N6O/c1-22(2)16-5-6-20-13-15(16)18(25)24-9-7-23(8-10-24)17-4-3-14(11-19)12-21-17/h3-6,12-13H,7-10H2,1-2H3. The average molecular weight is 336 g/mol. The van der Waals surface area contributed by atoms with Crippen LogP contribution in [0.15, 0.2) is 36.8 Å². The van der Waals surface area contributed by atoms with Crippen molar-refractivity contribution >= 4 is 17.4 Å². The van der Waals surface area contributed by atoms with E-state index in [-0.39, 0.29) is 5.91 Å². The lowest BCUT2D eigenvalue weighted by molar-refractivity contribution is 0.0747. The van der Waals surface area contributed by atoms with Crippen LogP contribution in [0.5, 0.6) is 0 Å². The van der Waals surface area contributed by atoms with E-state index in [1.54, 1.807) is 24.7 Å². The molecule has 0 radical (unpaired) electrons. The van der Waals surface area contributed by atoms with E-state index < -0.39 is 0 Å². The number of anilines is 2. The van der Waals surface area contributed by atoms with Crippen LogP contribution in [0.25, 0.3) is 0 Å². The quantitative estimate of drug-likeness (QED) is 0.843. The molecule has 128 valence electrons.